The van der Waals surface area contributed by atoms with E-state index in [4.69, 9.17) is 9.26 Å². The lowest BCUT2D eigenvalue weighted by Gasteiger charge is -2.21. The second-order valence-corrected chi connectivity index (χ2v) is 7.50. The number of hydrogen-bond acceptors (Lipinski definition) is 7. The molecule has 3 heterocycles. The summed E-state index contributed by atoms with van der Waals surface area (Å²) in [6.07, 6.45) is 3.61. The number of carbonyl (C=O) groups excluding carboxylic acids is 2. The van der Waals surface area contributed by atoms with Crippen LogP contribution in [0.15, 0.2) is 46.4 Å². The van der Waals surface area contributed by atoms with Gasteiger partial charge >= 0.3 is 0 Å². The summed E-state index contributed by atoms with van der Waals surface area (Å²) in [6.45, 7) is 2.35. The van der Waals surface area contributed by atoms with Gasteiger partial charge in [-0.25, -0.2) is 4.98 Å². The fraction of sp³-hybridized carbons (Fsp3) is 0.300. The van der Waals surface area contributed by atoms with E-state index < -0.39 is 0 Å². The van der Waals surface area contributed by atoms with E-state index in [1.165, 1.54) is 6.92 Å². The van der Waals surface area contributed by atoms with Crippen LogP contribution < -0.4 is 4.74 Å². The van der Waals surface area contributed by atoms with E-state index in [0.717, 1.165) is 17.8 Å². The van der Waals surface area contributed by atoms with E-state index in [0.29, 0.717) is 23.6 Å². The summed E-state index contributed by atoms with van der Waals surface area (Å²) in [4.78, 5) is 30.3. The molecule has 0 saturated carbocycles. The topological polar surface area (TPSA) is 85.5 Å². The molecule has 1 unspecified atom stereocenters. The van der Waals surface area contributed by atoms with E-state index in [1.54, 1.807) is 47.9 Å². The van der Waals surface area contributed by atoms with E-state index in [-0.39, 0.29) is 30.0 Å². The van der Waals surface area contributed by atoms with Crippen molar-refractivity contribution in [2.24, 2.45) is 0 Å². The maximum absolute atomic E-state index is 12.8. The van der Waals surface area contributed by atoms with Crippen LogP contribution in [0.4, 0.5) is 0 Å². The van der Waals surface area contributed by atoms with Gasteiger partial charge in [-0.1, -0.05) is 5.16 Å². The Bertz CT molecular complexity index is 966. The predicted molar refractivity (Wildman–Crippen MR) is 102 cm³/mol. The van der Waals surface area contributed by atoms with Crippen molar-refractivity contribution in [2.75, 3.05) is 6.54 Å². The van der Waals surface area contributed by atoms with Crippen LogP contribution in [0.2, 0.25) is 0 Å². The van der Waals surface area contributed by atoms with Gasteiger partial charge in [0.25, 0.3) is 5.91 Å². The number of hydrogen-bond donors (Lipinski definition) is 0. The number of amides is 1. The maximum atomic E-state index is 12.8. The Labute approximate surface area is 165 Å². The minimum absolute atomic E-state index is 0.00269. The summed E-state index contributed by atoms with van der Waals surface area (Å²) in [5.41, 5.74) is 0.897. The molecule has 1 aliphatic rings. The molecule has 3 aromatic rings. The molecule has 1 aromatic carbocycles. The van der Waals surface area contributed by atoms with Crippen LogP contribution in [0.1, 0.15) is 57.4 Å². The van der Waals surface area contributed by atoms with Gasteiger partial charge in [0.05, 0.1) is 6.04 Å². The van der Waals surface area contributed by atoms with Gasteiger partial charge in [0.15, 0.2) is 17.2 Å². The minimum atomic E-state index is -0.154. The van der Waals surface area contributed by atoms with E-state index >= 15 is 0 Å². The molecule has 1 atom stereocenters. The third-order valence-corrected chi connectivity index (χ3v) is 5.55. The molecule has 1 amide bonds. The molecular weight excluding hydrogens is 378 g/mol. The molecule has 2 aromatic heterocycles. The standard InChI is InChI=1S/C20H19N3O4S/c1-13(24)14-4-6-15(7-5-14)26-12-16-11-17(22-27-16)20(25)23-9-2-3-18(23)19-21-8-10-28-19/h4-8,10-11,18H,2-3,9,12H2,1H3. The van der Waals surface area contributed by atoms with Crippen LogP contribution in [-0.2, 0) is 6.61 Å². The van der Waals surface area contributed by atoms with E-state index in [9.17, 15) is 9.59 Å². The summed E-state index contributed by atoms with van der Waals surface area (Å²) in [5, 5.41) is 6.79. The molecule has 4 rings (SSSR count). The first kappa shape index (κ1) is 18.4. The Balaban J connectivity index is 1.39. The van der Waals surface area contributed by atoms with Crippen molar-refractivity contribution < 1.29 is 18.8 Å². The highest BCUT2D eigenvalue weighted by molar-refractivity contribution is 7.09. The van der Waals surface area contributed by atoms with Gasteiger partial charge in [0.1, 0.15) is 17.4 Å². The Kier molecular flexibility index (Phi) is 5.21. The van der Waals surface area contributed by atoms with Gasteiger partial charge in [-0.05, 0) is 44.0 Å². The smallest absolute Gasteiger partial charge is 0.276 e. The summed E-state index contributed by atoms with van der Waals surface area (Å²) in [6, 6.07) is 8.48. The summed E-state index contributed by atoms with van der Waals surface area (Å²) in [7, 11) is 0. The molecule has 1 saturated heterocycles. The second-order valence-electron chi connectivity index (χ2n) is 6.57. The lowest BCUT2D eigenvalue weighted by atomic mass is 10.1. The SMILES string of the molecule is CC(=O)c1ccc(OCc2cc(C(=O)N3CCCC3c3nccs3)no2)cc1. The monoisotopic (exact) mass is 397 g/mol. The van der Waals surface area contributed by atoms with E-state index in [2.05, 4.69) is 10.1 Å². The molecule has 0 radical (unpaired) electrons. The maximum Gasteiger partial charge on any atom is 0.276 e. The van der Waals surface area contributed by atoms with Crippen LogP contribution in [-0.4, -0.2) is 33.3 Å². The zero-order valence-electron chi connectivity index (χ0n) is 15.3. The molecule has 144 valence electrons. The van der Waals surface area contributed by atoms with Crippen molar-refractivity contribution in [2.45, 2.75) is 32.4 Å². The Morgan fingerprint density at radius 2 is 2.14 bits per heavy atom. The van der Waals surface area contributed by atoms with Gasteiger partial charge in [-0.2, -0.15) is 0 Å². The third-order valence-electron chi connectivity index (χ3n) is 4.67. The molecule has 1 aliphatic heterocycles. The van der Waals surface area contributed by atoms with Gasteiger partial charge in [0.2, 0.25) is 0 Å². The largest absolute Gasteiger partial charge is 0.486 e. The van der Waals surface area contributed by atoms with Gasteiger partial charge in [-0.3, -0.25) is 9.59 Å². The zero-order valence-corrected chi connectivity index (χ0v) is 16.1. The minimum Gasteiger partial charge on any atom is -0.486 e. The first-order valence-electron chi connectivity index (χ1n) is 9.01. The van der Waals surface area contributed by atoms with Crippen LogP contribution in [0.25, 0.3) is 0 Å². The number of Topliss-reactive ketones (excluding diaryl/α,β-unsaturated/α-hetero) is 1. The quantitative estimate of drug-likeness (QED) is 0.587. The first-order valence-corrected chi connectivity index (χ1v) is 9.89. The number of carbonyl (C=O) groups is 2. The van der Waals surface area contributed by atoms with Crippen molar-refractivity contribution in [1.82, 2.24) is 15.0 Å². The third kappa shape index (κ3) is 3.82. The Morgan fingerprint density at radius 3 is 2.86 bits per heavy atom. The first-order chi connectivity index (χ1) is 13.6. The number of benzene rings is 1. The van der Waals surface area contributed by atoms with Gasteiger partial charge in [-0.15, -0.1) is 11.3 Å². The fourth-order valence-electron chi connectivity index (χ4n) is 3.23. The lowest BCUT2D eigenvalue weighted by molar-refractivity contribution is 0.0724. The number of thiazole rings is 1. The molecule has 28 heavy (non-hydrogen) atoms. The number of ether oxygens (including phenoxy) is 1. The highest BCUT2D eigenvalue weighted by Gasteiger charge is 2.33. The molecule has 1 fully saturated rings. The number of ketones is 1. The molecule has 8 heteroatoms. The van der Waals surface area contributed by atoms with Crippen molar-refractivity contribution in [3.63, 3.8) is 0 Å². The number of nitrogens with zero attached hydrogens (tertiary/aromatic N) is 3. The molecule has 0 bridgehead atoms. The average molecular weight is 397 g/mol. The number of aromatic nitrogens is 2. The van der Waals surface area contributed by atoms with E-state index in [1.807, 2.05) is 10.3 Å². The van der Waals surface area contributed by atoms with Crippen LogP contribution in [0.5, 0.6) is 5.75 Å². The lowest BCUT2D eigenvalue weighted by Crippen LogP contribution is -2.30. The zero-order chi connectivity index (χ0) is 19.5. The number of likely N-dealkylation sites (tertiary alicyclic amines) is 1. The highest BCUT2D eigenvalue weighted by atomic mass is 32.1. The molecular formula is C20H19N3O4S. The normalized spacial score (nSPS) is 16.3. The van der Waals surface area contributed by atoms with Gasteiger partial charge in [0, 0.05) is 29.8 Å². The molecule has 0 N–H and O–H groups in total. The van der Waals surface area contributed by atoms with Crippen LogP contribution in [0.3, 0.4) is 0 Å². The Hall–Kier alpha value is -3.00. The second kappa shape index (κ2) is 7.93. The number of rotatable bonds is 6. The van der Waals surface area contributed by atoms with Crippen molar-refractivity contribution in [1.29, 1.82) is 0 Å². The molecule has 0 spiro atoms. The van der Waals surface area contributed by atoms with Crippen molar-refractivity contribution in [3.8, 4) is 5.75 Å². The molecule has 0 aliphatic carbocycles. The fourth-order valence-corrected chi connectivity index (χ4v) is 4.02. The molecule has 7 nitrogen and oxygen atoms in total. The van der Waals surface area contributed by atoms with Crippen LogP contribution in [0, 0.1) is 0 Å². The summed E-state index contributed by atoms with van der Waals surface area (Å²) in [5.74, 6) is 0.919. The summed E-state index contributed by atoms with van der Waals surface area (Å²) < 4.78 is 10.9. The van der Waals surface area contributed by atoms with Gasteiger partial charge < -0.3 is 14.2 Å². The highest BCUT2D eigenvalue weighted by Crippen LogP contribution is 2.34. The van der Waals surface area contributed by atoms with Crippen molar-refractivity contribution >= 4 is 23.0 Å². The predicted octanol–water partition coefficient (Wildman–Crippen LogP) is 3.89. The summed E-state index contributed by atoms with van der Waals surface area (Å²) >= 11 is 1.56. The van der Waals surface area contributed by atoms with Crippen LogP contribution >= 0.6 is 11.3 Å². The van der Waals surface area contributed by atoms with Crippen molar-refractivity contribution in [3.05, 3.63) is 63.9 Å². The Morgan fingerprint density at radius 1 is 1.32 bits per heavy atom. The average Bonchev–Trinajstić information content (AvgIpc) is 3.47.